The van der Waals surface area contributed by atoms with E-state index in [-0.39, 0.29) is 43.6 Å². The number of benzene rings is 1. The summed E-state index contributed by atoms with van der Waals surface area (Å²) in [6.07, 6.45) is -0.0275. The van der Waals surface area contributed by atoms with Gasteiger partial charge in [-0.3, -0.25) is 9.59 Å². The van der Waals surface area contributed by atoms with Gasteiger partial charge in [-0.25, -0.2) is 0 Å². The molecular formula is C20H32N2O4S. The Morgan fingerprint density at radius 2 is 1.93 bits per heavy atom. The van der Waals surface area contributed by atoms with E-state index in [4.69, 9.17) is 15.2 Å². The van der Waals surface area contributed by atoms with E-state index >= 15 is 0 Å². The van der Waals surface area contributed by atoms with Gasteiger partial charge >= 0.3 is 5.97 Å². The molecule has 0 heterocycles. The molecule has 0 aliphatic rings. The molecule has 7 heteroatoms. The average Bonchev–Trinajstić information content (AvgIpc) is 2.65. The van der Waals surface area contributed by atoms with E-state index in [0.29, 0.717) is 6.42 Å². The van der Waals surface area contributed by atoms with Crippen LogP contribution in [0.4, 0.5) is 0 Å². The Morgan fingerprint density at radius 1 is 1.22 bits per heavy atom. The van der Waals surface area contributed by atoms with E-state index in [1.165, 1.54) is 0 Å². The Labute approximate surface area is 166 Å². The minimum atomic E-state index is -0.720. The highest BCUT2D eigenvalue weighted by Gasteiger charge is 2.27. The number of nitrogens with one attached hydrogen (secondary N) is 1. The van der Waals surface area contributed by atoms with E-state index in [0.717, 1.165) is 17.1 Å². The molecule has 0 spiro atoms. The summed E-state index contributed by atoms with van der Waals surface area (Å²) in [5, 5.41) is 2.74. The molecule has 27 heavy (non-hydrogen) atoms. The second-order valence-electron chi connectivity index (χ2n) is 6.44. The molecule has 0 aliphatic heterocycles. The van der Waals surface area contributed by atoms with Crippen LogP contribution in [0.15, 0.2) is 30.3 Å². The van der Waals surface area contributed by atoms with Crippen molar-refractivity contribution in [1.29, 1.82) is 0 Å². The van der Waals surface area contributed by atoms with Gasteiger partial charge in [-0.05, 0) is 37.3 Å². The van der Waals surface area contributed by atoms with Crippen LogP contribution in [0.3, 0.4) is 0 Å². The van der Waals surface area contributed by atoms with Crippen LogP contribution < -0.4 is 11.1 Å². The second kappa shape index (κ2) is 13.6. The van der Waals surface area contributed by atoms with Gasteiger partial charge in [-0.2, -0.15) is 11.8 Å². The summed E-state index contributed by atoms with van der Waals surface area (Å²) < 4.78 is 10.9. The second-order valence-corrected chi connectivity index (χ2v) is 7.84. The first-order valence-corrected chi connectivity index (χ1v) is 10.6. The van der Waals surface area contributed by atoms with Crippen LogP contribution in [-0.2, 0) is 25.7 Å². The van der Waals surface area contributed by atoms with Gasteiger partial charge in [0.05, 0.1) is 12.5 Å². The number of rotatable bonds is 13. The van der Waals surface area contributed by atoms with Gasteiger partial charge in [-0.15, -0.1) is 0 Å². The van der Waals surface area contributed by atoms with E-state index in [1.54, 1.807) is 11.8 Å². The van der Waals surface area contributed by atoms with Crippen molar-refractivity contribution in [3.63, 3.8) is 0 Å². The van der Waals surface area contributed by atoms with Gasteiger partial charge in [0.15, 0.2) is 6.10 Å². The third-order valence-electron chi connectivity index (χ3n) is 3.74. The van der Waals surface area contributed by atoms with Crippen LogP contribution in [0.1, 0.15) is 39.2 Å². The normalized spacial score (nSPS) is 13.2. The molecule has 0 saturated heterocycles. The molecule has 1 unspecified atom stereocenters. The van der Waals surface area contributed by atoms with Gasteiger partial charge in [-0.1, -0.05) is 37.3 Å². The number of esters is 1. The monoisotopic (exact) mass is 396 g/mol. The van der Waals surface area contributed by atoms with Crippen molar-refractivity contribution < 1.29 is 19.1 Å². The molecule has 6 nitrogen and oxygen atoms in total. The lowest BCUT2D eigenvalue weighted by Crippen LogP contribution is -2.49. The summed E-state index contributed by atoms with van der Waals surface area (Å²) in [5.74, 6) is 1.26. The van der Waals surface area contributed by atoms with Crippen LogP contribution in [0.2, 0.25) is 0 Å². The Kier molecular flexibility index (Phi) is 11.8. The molecule has 0 fully saturated rings. The minimum absolute atomic E-state index is 0.105. The molecule has 152 valence electrons. The third kappa shape index (κ3) is 10.4. The summed E-state index contributed by atoms with van der Waals surface area (Å²) >= 11 is 1.78. The fraction of sp³-hybridized carbons (Fsp3) is 0.600. The molecule has 1 aromatic rings. The van der Waals surface area contributed by atoms with Crippen molar-refractivity contribution in [2.75, 3.05) is 18.1 Å². The van der Waals surface area contributed by atoms with Crippen molar-refractivity contribution in [2.24, 2.45) is 5.73 Å². The number of carbonyl (C=O) groups excluding carboxylic acids is 2. The summed E-state index contributed by atoms with van der Waals surface area (Å²) in [6, 6.07) is 9.09. The molecule has 1 rings (SSSR count). The zero-order valence-electron chi connectivity index (χ0n) is 16.5. The highest BCUT2D eigenvalue weighted by atomic mass is 32.2. The van der Waals surface area contributed by atoms with Crippen molar-refractivity contribution in [2.45, 2.75) is 58.5 Å². The standard InChI is InChI=1S/C20H32N2O4S/c1-4-27-13-11-17(21)19(26-15(2)3)20(24)22-12-10-18(23)25-14-16-8-6-5-7-9-16/h5-9,15,17,19H,4,10-14,21H2,1-3H3,(H,22,24)/t17-,19?/m1/s1. The Hall–Kier alpha value is -1.57. The quantitative estimate of drug-likeness (QED) is 0.393. The van der Waals surface area contributed by atoms with E-state index in [1.807, 2.05) is 44.2 Å². The number of ether oxygens (including phenoxy) is 2. The molecular weight excluding hydrogens is 364 g/mol. The van der Waals surface area contributed by atoms with E-state index in [9.17, 15) is 9.59 Å². The zero-order valence-corrected chi connectivity index (χ0v) is 17.3. The molecule has 0 radical (unpaired) electrons. The summed E-state index contributed by atoms with van der Waals surface area (Å²) in [6.45, 7) is 6.25. The Balaban J connectivity index is 2.37. The van der Waals surface area contributed by atoms with Crippen LogP contribution >= 0.6 is 11.8 Å². The molecule has 0 aliphatic carbocycles. The lowest BCUT2D eigenvalue weighted by Gasteiger charge is -2.25. The molecule has 1 aromatic carbocycles. The van der Waals surface area contributed by atoms with Gasteiger partial charge in [0.1, 0.15) is 6.61 Å². The number of amides is 1. The SMILES string of the molecule is CCSCC[C@@H](N)C(OC(C)C)C(=O)NCCC(=O)OCc1ccccc1. The molecule has 0 aromatic heterocycles. The fourth-order valence-electron chi connectivity index (χ4n) is 2.36. The molecule has 3 N–H and O–H groups in total. The number of hydrogen-bond donors (Lipinski definition) is 2. The molecule has 1 amide bonds. The molecule has 2 atom stereocenters. The van der Waals surface area contributed by atoms with Gasteiger partial charge in [0.25, 0.3) is 5.91 Å². The average molecular weight is 397 g/mol. The topological polar surface area (TPSA) is 90.6 Å². The summed E-state index contributed by atoms with van der Waals surface area (Å²) in [5.41, 5.74) is 7.09. The highest BCUT2D eigenvalue weighted by Crippen LogP contribution is 2.10. The maximum absolute atomic E-state index is 12.4. The maximum atomic E-state index is 12.4. The maximum Gasteiger partial charge on any atom is 0.307 e. The molecule has 0 saturated carbocycles. The lowest BCUT2D eigenvalue weighted by molar-refractivity contribution is -0.145. The highest BCUT2D eigenvalue weighted by molar-refractivity contribution is 7.99. The first kappa shape index (κ1) is 23.5. The predicted octanol–water partition coefficient (Wildman–Crippen LogP) is 2.50. The number of thioether (sulfide) groups is 1. The van der Waals surface area contributed by atoms with Crippen LogP contribution in [0.5, 0.6) is 0 Å². The van der Waals surface area contributed by atoms with E-state index < -0.39 is 6.10 Å². The summed E-state index contributed by atoms with van der Waals surface area (Å²) in [7, 11) is 0. The number of carbonyl (C=O) groups is 2. The predicted molar refractivity (Wildman–Crippen MR) is 109 cm³/mol. The first-order valence-electron chi connectivity index (χ1n) is 9.40. The number of nitrogens with two attached hydrogens (primary N) is 1. The summed E-state index contributed by atoms with van der Waals surface area (Å²) in [4.78, 5) is 24.3. The fourth-order valence-corrected chi connectivity index (χ4v) is 3.09. The van der Waals surface area contributed by atoms with Crippen molar-refractivity contribution in [3.8, 4) is 0 Å². The smallest absolute Gasteiger partial charge is 0.307 e. The van der Waals surface area contributed by atoms with Crippen molar-refractivity contribution in [3.05, 3.63) is 35.9 Å². The Bertz CT molecular complexity index is 554. The minimum Gasteiger partial charge on any atom is -0.461 e. The van der Waals surface area contributed by atoms with Crippen molar-refractivity contribution in [1.82, 2.24) is 5.32 Å². The van der Waals surface area contributed by atoms with Crippen molar-refractivity contribution >= 4 is 23.6 Å². The third-order valence-corrected chi connectivity index (χ3v) is 4.67. The van der Waals surface area contributed by atoms with Gasteiger partial charge in [0, 0.05) is 12.6 Å². The first-order chi connectivity index (χ1) is 12.9. The largest absolute Gasteiger partial charge is 0.461 e. The van der Waals surface area contributed by atoms with Gasteiger partial charge < -0.3 is 20.5 Å². The number of hydrogen-bond acceptors (Lipinski definition) is 6. The van der Waals surface area contributed by atoms with Crippen LogP contribution in [0, 0.1) is 0 Å². The van der Waals surface area contributed by atoms with Gasteiger partial charge in [0.2, 0.25) is 0 Å². The lowest BCUT2D eigenvalue weighted by atomic mass is 10.1. The van der Waals surface area contributed by atoms with Crippen LogP contribution in [-0.4, -0.2) is 48.2 Å². The van der Waals surface area contributed by atoms with E-state index in [2.05, 4.69) is 12.2 Å². The van der Waals surface area contributed by atoms with Crippen LogP contribution in [0.25, 0.3) is 0 Å². The molecule has 0 bridgehead atoms. The Morgan fingerprint density at radius 3 is 2.56 bits per heavy atom. The zero-order chi connectivity index (χ0) is 20.1.